The highest BCUT2D eigenvalue weighted by atomic mass is 16.3. The molecule has 0 heterocycles. The molecule has 0 bridgehead atoms. The van der Waals surface area contributed by atoms with Gasteiger partial charge in [-0.2, -0.15) is 0 Å². The average molecular weight is 266 g/mol. The summed E-state index contributed by atoms with van der Waals surface area (Å²) in [6.07, 6.45) is 10.4. The Bertz CT molecular complexity index is 301. The molecule has 3 aliphatic carbocycles. The molecule has 19 heavy (non-hydrogen) atoms. The van der Waals surface area contributed by atoms with Gasteiger partial charge in [0.1, 0.15) is 0 Å². The third-order valence-electron chi connectivity index (χ3n) is 5.32. The van der Waals surface area contributed by atoms with Gasteiger partial charge in [0, 0.05) is 24.2 Å². The largest absolute Gasteiger partial charge is 0.394 e. The van der Waals surface area contributed by atoms with Gasteiger partial charge in [-0.1, -0.05) is 6.92 Å². The quantitative estimate of drug-likeness (QED) is 0.741. The number of aliphatic hydroxyl groups excluding tert-OH is 1. The Morgan fingerprint density at radius 2 is 2.00 bits per heavy atom. The van der Waals surface area contributed by atoms with E-state index in [0.717, 1.165) is 18.8 Å². The molecule has 0 aromatic carbocycles. The molecule has 3 saturated carbocycles. The summed E-state index contributed by atoms with van der Waals surface area (Å²) in [5.74, 6) is 0.974. The molecule has 0 aromatic rings. The van der Waals surface area contributed by atoms with Crippen molar-refractivity contribution in [2.45, 2.75) is 75.9 Å². The molecule has 0 radical (unpaired) electrons. The number of nitrogens with one attached hydrogen (secondary N) is 1. The van der Waals surface area contributed by atoms with Crippen molar-refractivity contribution in [3.63, 3.8) is 0 Å². The van der Waals surface area contributed by atoms with Gasteiger partial charge >= 0.3 is 0 Å². The minimum atomic E-state index is 0.0288. The normalized spacial score (nSPS) is 35.8. The fourth-order valence-electron chi connectivity index (χ4n) is 3.79. The number of hydrogen-bond donors (Lipinski definition) is 2. The zero-order chi connectivity index (χ0) is 13.3. The van der Waals surface area contributed by atoms with Crippen molar-refractivity contribution in [3.8, 4) is 0 Å². The molecule has 2 atom stereocenters. The van der Waals surface area contributed by atoms with Crippen LogP contribution in [-0.4, -0.2) is 47.3 Å². The SMILES string of the molecule is CCN(CC1CC1)C1CCCC(CO)(NC2CC2)C1. The Labute approximate surface area is 117 Å². The molecule has 110 valence electrons. The molecular weight excluding hydrogens is 236 g/mol. The lowest BCUT2D eigenvalue weighted by Gasteiger charge is -2.44. The lowest BCUT2D eigenvalue weighted by molar-refractivity contribution is 0.0580. The molecule has 0 amide bonds. The summed E-state index contributed by atoms with van der Waals surface area (Å²) >= 11 is 0. The van der Waals surface area contributed by atoms with Crippen molar-refractivity contribution < 1.29 is 5.11 Å². The van der Waals surface area contributed by atoms with Crippen LogP contribution in [0.15, 0.2) is 0 Å². The van der Waals surface area contributed by atoms with E-state index >= 15 is 0 Å². The Hall–Kier alpha value is -0.120. The van der Waals surface area contributed by atoms with E-state index in [2.05, 4.69) is 17.1 Å². The fourth-order valence-corrected chi connectivity index (χ4v) is 3.79. The summed E-state index contributed by atoms with van der Waals surface area (Å²) in [4.78, 5) is 2.69. The van der Waals surface area contributed by atoms with E-state index in [-0.39, 0.29) is 5.54 Å². The van der Waals surface area contributed by atoms with E-state index in [1.165, 1.54) is 51.6 Å². The second-order valence-electron chi connectivity index (χ2n) is 7.14. The van der Waals surface area contributed by atoms with Gasteiger partial charge in [-0.3, -0.25) is 0 Å². The van der Waals surface area contributed by atoms with Crippen LogP contribution in [0.5, 0.6) is 0 Å². The first-order valence-electron chi connectivity index (χ1n) is 8.37. The molecule has 0 aromatic heterocycles. The van der Waals surface area contributed by atoms with Crippen LogP contribution in [-0.2, 0) is 0 Å². The van der Waals surface area contributed by atoms with Crippen LogP contribution in [0.25, 0.3) is 0 Å². The molecule has 3 fully saturated rings. The number of rotatable bonds is 7. The predicted molar refractivity (Wildman–Crippen MR) is 78.2 cm³/mol. The van der Waals surface area contributed by atoms with Crippen molar-refractivity contribution in [1.82, 2.24) is 10.2 Å². The number of nitrogens with zero attached hydrogens (tertiary/aromatic N) is 1. The Kier molecular flexibility index (Phi) is 4.16. The highest BCUT2D eigenvalue weighted by molar-refractivity contribution is 5.01. The maximum atomic E-state index is 9.90. The first-order valence-corrected chi connectivity index (χ1v) is 8.37. The second kappa shape index (κ2) is 5.71. The lowest BCUT2D eigenvalue weighted by atomic mass is 9.78. The van der Waals surface area contributed by atoms with E-state index in [9.17, 15) is 5.11 Å². The van der Waals surface area contributed by atoms with Crippen LogP contribution >= 0.6 is 0 Å². The highest BCUT2D eigenvalue weighted by Gasteiger charge is 2.41. The van der Waals surface area contributed by atoms with Gasteiger partial charge in [0.15, 0.2) is 0 Å². The van der Waals surface area contributed by atoms with Gasteiger partial charge in [0.2, 0.25) is 0 Å². The molecule has 3 nitrogen and oxygen atoms in total. The van der Waals surface area contributed by atoms with Crippen molar-refractivity contribution in [1.29, 1.82) is 0 Å². The van der Waals surface area contributed by atoms with E-state index in [0.29, 0.717) is 18.7 Å². The standard InChI is InChI=1S/C16H30N2O/c1-2-18(11-13-5-6-13)15-4-3-9-16(10-15,12-19)17-14-7-8-14/h13-15,17,19H,2-12H2,1H3. The molecular formula is C16H30N2O. The van der Waals surface area contributed by atoms with Gasteiger partial charge in [0.05, 0.1) is 6.61 Å². The van der Waals surface area contributed by atoms with Crippen LogP contribution in [0.2, 0.25) is 0 Å². The molecule has 2 N–H and O–H groups in total. The maximum absolute atomic E-state index is 9.90. The van der Waals surface area contributed by atoms with Gasteiger partial charge in [-0.15, -0.1) is 0 Å². The molecule has 3 rings (SSSR count). The lowest BCUT2D eigenvalue weighted by Crippen LogP contribution is -2.56. The first kappa shape index (κ1) is 13.8. The minimum absolute atomic E-state index is 0.0288. The molecule has 0 saturated heterocycles. The summed E-state index contributed by atoms with van der Waals surface area (Å²) in [5.41, 5.74) is 0.0288. The zero-order valence-corrected chi connectivity index (χ0v) is 12.4. The van der Waals surface area contributed by atoms with Crippen molar-refractivity contribution >= 4 is 0 Å². The summed E-state index contributed by atoms with van der Waals surface area (Å²) < 4.78 is 0. The van der Waals surface area contributed by atoms with Crippen LogP contribution in [0.3, 0.4) is 0 Å². The average Bonchev–Trinajstić information content (AvgIpc) is 3.32. The topological polar surface area (TPSA) is 35.5 Å². The monoisotopic (exact) mass is 266 g/mol. The predicted octanol–water partition coefficient (Wildman–Crippen LogP) is 2.14. The highest BCUT2D eigenvalue weighted by Crippen LogP contribution is 2.36. The first-order chi connectivity index (χ1) is 9.24. The van der Waals surface area contributed by atoms with Crippen LogP contribution in [0.1, 0.15) is 58.3 Å². The minimum Gasteiger partial charge on any atom is -0.394 e. The Morgan fingerprint density at radius 3 is 2.58 bits per heavy atom. The summed E-state index contributed by atoms with van der Waals surface area (Å²) in [6, 6.07) is 1.39. The van der Waals surface area contributed by atoms with E-state index in [4.69, 9.17) is 0 Å². The van der Waals surface area contributed by atoms with E-state index in [1.54, 1.807) is 0 Å². The number of aliphatic hydroxyl groups is 1. The zero-order valence-electron chi connectivity index (χ0n) is 12.4. The molecule has 0 aliphatic heterocycles. The summed E-state index contributed by atoms with van der Waals surface area (Å²) in [5, 5.41) is 13.7. The Balaban J connectivity index is 1.60. The van der Waals surface area contributed by atoms with Crippen LogP contribution in [0.4, 0.5) is 0 Å². The van der Waals surface area contributed by atoms with Gasteiger partial charge in [0.25, 0.3) is 0 Å². The molecule has 0 spiro atoms. The summed E-state index contributed by atoms with van der Waals surface area (Å²) in [6.45, 7) is 5.09. The smallest absolute Gasteiger partial charge is 0.0613 e. The van der Waals surface area contributed by atoms with Crippen LogP contribution in [0, 0.1) is 5.92 Å². The van der Waals surface area contributed by atoms with Crippen molar-refractivity contribution in [3.05, 3.63) is 0 Å². The Morgan fingerprint density at radius 1 is 1.21 bits per heavy atom. The third-order valence-corrected chi connectivity index (χ3v) is 5.32. The van der Waals surface area contributed by atoms with Crippen molar-refractivity contribution in [2.24, 2.45) is 5.92 Å². The third kappa shape index (κ3) is 3.50. The maximum Gasteiger partial charge on any atom is 0.0613 e. The van der Waals surface area contributed by atoms with Gasteiger partial charge < -0.3 is 15.3 Å². The fraction of sp³-hybridized carbons (Fsp3) is 1.00. The molecule has 3 heteroatoms. The summed E-state index contributed by atoms with van der Waals surface area (Å²) in [7, 11) is 0. The van der Waals surface area contributed by atoms with Crippen LogP contribution < -0.4 is 5.32 Å². The van der Waals surface area contributed by atoms with E-state index in [1.807, 2.05) is 0 Å². The second-order valence-corrected chi connectivity index (χ2v) is 7.14. The number of hydrogen-bond acceptors (Lipinski definition) is 3. The van der Waals surface area contributed by atoms with Gasteiger partial charge in [-0.05, 0) is 63.8 Å². The van der Waals surface area contributed by atoms with Gasteiger partial charge in [-0.25, -0.2) is 0 Å². The molecule has 2 unspecified atom stereocenters. The van der Waals surface area contributed by atoms with E-state index < -0.39 is 0 Å². The molecule has 3 aliphatic rings. The van der Waals surface area contributed by atoms with Crippen molar-refractivity contribution in [2.75, 3.05) is 19.7 Å².